The number of nitrogens with two attached hydrogens (primary N) is 1. The lowest BCUT2D eigenvalue weighted by Gasteiger charge is -2.08. The fourth-order valence-electron chi connectivity index (χ4n) is 1.03. The summed E-state index contributed by atoms with van der Waals surface area (Å²) in [6.07, 6.45) is 0. The van der Waals surface area contributed by atoms with Crippen molar-refractivity contribution in [2.75, 3.05) is 26.1 Å². The molecule has 3 nitrogen and oxygen atoms in total. The number of benzene rings is 1. The Morgan fingerprint density at radius 2 is 2.08 bits per heavy atom. The van der Waals surface area contributed by atoms with Crippen molar-refractivity contribution in [1.29, 1.82) is 0 Å². The number of ether oxygens (including phenoxy) is 2. The Bertz CT molecular complexity index is 274. The Morgan fingerprint density at radius 1 is 1.31 bits per heavy atom. The minimum Gasteiger partial charge on any atom is -0.489 e. The molecule has 0 aliphatic heterocycles. The topological polar surface area (TPSA) is 44.5 Å². The number of hydrogen-bond acceptors (Lipinski definition) is 3. The van der Waals surface area contributed by atoms with Gasteiger partial charge in [0.25, 0.3) is 0 Å². The summed E-state index contributed by atoms with van der Waals surface area (Å²) < 4.78 is 10.2. The summed E-state index contributed by atoms with van der Waals surface area (Å²) in [5.41, 5.74) is 7.55. The van der Waals surface area contributed by atoms with Crippen LogP contribution in [0.2, 0.25) is 0 Å². The van der Waals surface area contributed by atoms with Crippen LogP contribution in [0.4, 0.5) is 5.69 Å². The van der Waals surface area contributed by atoms with E-state index in [-0.39, 0.29) is 0 Å². The van der Waals surface area contributed by atoms with E-state index in [2.05, 4.69) is 0 Å². The minimum absolute atomic E-state index is 0.532. The molecule has 0 bridgehead atoms. The van der Waals surface area contributed by atoms with E-state index in [1.54, 1.807) is 7.11 Å². The molecule has 3 heteroatoms. The van der Waals surface area contributed by atoms with E-state index in [4.69, 9.17) is 15.2 Å². The molecule has 0 unspecified atom stereocenters. The van der Waals surface area contributed by atoms with Crippen LogP contribution < -0.4 is 10.5 Å². The molecule has 1 aromatic carbocycles. The summed E-state index contributed by atoms with van der Waals surface area (Å²) in [6, 6.07) is 5.74. The van der Waals surface area contributed by atoms with Gasteiger partial charge in [0.05, 0.1) is 12.3 Å². The molecule has 0 heterocycles. The number of nitrogen functional groups attached to an aromatic ring is 1. The highest BCUT2D eigenvalue weighted by molar-refractivity contribution is 5.53. The van der Waals surface area contributed by atoms with Crippen molar-refractivity contribution in [3.63, 3.8) is 0 Å². The normalized spacial score (nSPS) is 10.0. The SMILES string of the molecule is COCCOc1ccc(C)cc1N. The van der Waals surface area contributed by atoms with Crippen molar-refractivity contribution >= 4 is 5.69 Å². The first-order chi connectivity index (χ1) is 6.24. The summed E-state index contributed by atoms with van der Waals surface area (Å²) in [6.45, 7) is 3.10. The molecule has 0 saturated heterocycles. The first kappa shape index (κ1) is 9.86. The smallest absolute Gasteiger partial charge is 0.142 e. The van der Waals surface area contributed by atoms with Gasteiger partial charge in [-0.2, -0.15) is 0 Å². The fourth-order valence-corrected chi connectivity index (χ4v) is 1.03. The first-order valence-corrected chi connectivity index (χ1v) is 4.22. The minimum atomic E-state index is 0.532. The molecule has 1 aromatic rings. The Balaban J connectivity index is 2.56. The van der Waals surface area contributed by atoms with Crippen LogP contribution in [0, 0.1) is 6.92 Å². The van der Waals surface area contributed by atoms with Gasteiger partial charge >= 0.3 is 0 Å². The summed E-state index contributed by atoms with van der Waals surface area (Å²) in [5.74, 6) is 0.725. The third-order valence-electron chi connectivity index (χ3n) is 1.71. The molecule has 2 N–H and O–H groups in total. The van der Waals surface area contributed by atoms with Gasteiger partial charge in [-0.15, -0.1) is 0 Å². The molecule has 1 rings (SSSR count). The standard InChI is InChI=1S/C10H15NO2/c1-8-3-4-10(9(11)7-8)13-6-5-12-2/h3-4,7H,5-6,11H2,1-2H3. The molecule has 0 aromatic heterocycles. The molecule has 13 heavy (non-hydrogen) atoms. The second kappa shape index (κ2) is 4.72. The van der Waals surface area contributed by atoms with Crippen LogP contribution in [0.25, 0.3) is 0 Å². The Hall–Kier alpha value is -1.22. The maximum absolute atomic E-state index is 5.74. The highest BCUT2D eigenvalue weighted by atomic mass is 16.5. The highest BCUT2D eigenvalue weighted by Crippen LogP contribution is 2.21. The van der Waals surface area contributed by atoms with Crippen LogP contribution in [-0.2, 0) is 4.74 Å². The number of aryl methyl sites for hydroxylation is 1. The molecular formula is C10H15NO2. The molecule has 0 saturated carbocycles. The van der Waals surface area contributed by atoms with Gasteiger partial charge in [0.2, 0.25) is 0 Å². The second-order valence-electron chi connectivity index (χ2n) is 2.88. The molecule has 0 atom stereocenters. The lowest BCUT2D eigenvalue weighted by Crippen LogP contribution is -2.05. The second-order valence-corrected chi connectivity index (χ2v) is 2.88. The van der Waals surface area contributed by atoms with Crippen molar-refractivity contribution in [3.05, 3.63) is 23.8 Å². The molecule has 0 aliphatic rings. The molecule has 72 valence electrons. The zero-order chi connectivity index (χ0) is 9.68. The summed E-state index contributed by atoms with van der Waals surface area (Å²) in [7, 11) is 1.64. The van der Waals surface area contributed by atoms with Gasteiger partial charge in [-0.3, -0.25) is 0 Å². The third-order valence-corrected chi connectivity index (χ3v) is 1.71. The first-order valence-electron chi connectivity index (χ1n) is 4.22. The van der Waals surface area contributed by atoms with Crippen LogP contribution in [0.3, 0.4) is 0 Å². The van der Waals surface area contributed by atoms with Crippen LogP contribution >= 0.6 is 0 Å². The van der Waals surface area contributed by atoms with Crippen LogP contribution in [0.5, 0.6) is 5.75 Å². The summed E-state index contributed by atoms with van der Waals surface area (Å²) in [4.78, 5) is 0. The number of anilines is 1. The fraction of sp³-hybridized carbons (Fsp3) is 0.400. The highest BCUT2D eigenvalue weighted by Gasteiger charge is 1.98. The molecule has 0 spiro atoms. The monoisotopic (exact) mass is 181 g/mol. The van der Waals surface area contributed by atoms with Gasteiger partial charge in [0, 0.05) is 7.11 Å². The zero-order valence-electron chi connectivity index (χ0n) is 8.04. The molecule has 0 amide bonds. The van der Waals surface area contributed by atoms with E-state index >= 15 is 0 Å². The summed E-state index contributed by atoms with van der Waals surface area (Å²) in [5, 5.41) is 0. The molecule has 0 radical (unpaired) electrons. The van der Waals surface area contributed by atoms with Gasteiger partial charge in [-0.1, -0.05) is 6.07 Å². The van der Waals surface area contributed by atoms with Gasteiger partial charge in [0.1, 0.15) is 12.4 Å². The van der Waals surface area contributed by atoms with Crippen molar-refractivity contribution in [2.24, 2.45) is 0 Å². The lowest BCUT2D eigenvalue weighted by atomic mass is 10.2. The van der Waals surface area contributed by atoms with E-state index in [1.165, 1.54) is 0 Å². The van der Waals surface area contributed by atoms with E-state index in [9.17, 15) is 0 Å². The van der Waals surface area contributed by atoms with E-state index in [0.29, 0.717) is 18.9 Å². The lowest BCUT2D eigenvalue weighted by molar-refractivity contribution is 0.146. The van der Waals surface area contributed by atoms with Crippen molar-refractivity contribution in [1.82, 2.24) is 0 Å². The van der Waals surface area contributed by atoms with Crippen LogP contribution in [0.15, 0.2) is 18.2 Å². The van der Waals surface area contributed by atoms with Crippen molar-refractivity contribution < 1.29 is 9.47 Å². The zero-order valence-corrected chi connectivity index (χ0v) is 8.04. The molecule has 0 aliphatic carbocycles. The van der Waals surface area contributed by atoms with Gasteiger partial charge < -0.3 is 15.2 Å². The average molecular weight is 181 g/mol. The predicted molar refractivity (Wildman–Crippen MR) is 53.0 cm³/mol. The number of methoxy groups -OCH3 is 1. The summed E-state index contributed by atoms with van der Waals surface area (Å²) >= 11 is 0. The Morgan fingerprint density at radius 3 is 2.69 bits per heavy atom. The van der Waals surface area contributed by atoms with Crippen LogP contribution in [-0.4, -0.2) is 20.3 Å². The molecular weight excluding hydrogens is 166 g/mol. The maximum atomic E-state index is 5.74. The van der Waals surface area contributed by atoms with E-state index in [0.717, 1.165) is 11.3 Å². The Labute approximate surface area is 78.5 Å². The van der Waals surface area contributed by atoms with Crippen LogP contribution in [0.1, 0.15) is 5.56 Å². The predicted octanol–water partition coefficient (Wildman–Crippen LogP) is 1.60. The van der Waals surface area contributed by atoms with Gasteiger partial charge in [-0.25, -0.2) is 0 Å². The molecule has 0 fully saturated rings. The number of hydrogen-bond donors (Lipinski definition) is 1. The Kier molecular flexibility index (Phi) is 3.58. The average Bonchev–Trinajstić information content (AvgIpc) is 2.09. The maximum Gasteiger partial charge on any atom is 0.142 e. The van der Waals surface area contributed by atoms with Crippen molar-refractivity contribution in [2.45, 2.75) is 6.92 Å². The van der Waals surface area contributed by atoms with E-state index in [1.807, 2.05) is 25.1 Å². The third kappa shape index (κ3) is 2.95. The largest absolute Gasteiger partial charge is 0.489 e. The van der Waals surface area contributed by atoms with Gasteiger partial charge in [-0.05, 0) is 24.6 Å². The van der Waals surface area contributed by atoms with Gasteiger partial charge in [0.15, 0.2) is 0 Å². The quantitative estimate of drug-likeness (QED) is 0.567. The number of rotatable bonds is 4. The van der Waals surface area contributed by atoms with E-state index < -0.39 is 0 Å². The van der Waals surface area contributed by atoms with Crippen molar-refractivity contribution in [3.8, 4) is 5.75 Å².